The number of fused-ring (bicyclic) bond motifs is 1. The number of anilines is 2. The van der Waals surface area contributed by atoms with Crippen molar-refractivity contribution in [3.8, 4) is 5.75 Å². The lowest BCUT2D eigenvalue weighted by molar-refractivity contribution is 0.415. The molecule has 110 valence electrons. The third-order valence-electron chi connectivity index (χ3n) is 3.28. The first kappa shape index (κ1) is 15.1. The molecule has 5 nitrogen and oxygen atoms in total. The Labute approximate surface area is 129 Å². The lowest BCUT2D eigenvalue weighted by Gasteiger charge is -2.19. The molecular formula is C15H17ClN4O. The summed E-state index contributed by atoms with van der Waals surface area (Å²) in [5, 5.41) is 1.01. The number of ether oxygens (including phenoxy) is 1. The van der Waals surface area contributed by atoms with Gasteiger partial charge < -0.3 is 14.6 Å². The number of nitrogens with one attached hydrogen (secondary N) is 1. The molecule has 0 spiro atoms. The molecule has 2 aromatic heterocycles. The second kappa shape index (κ2) is 6.01. The molecule has 0 fully saturated rings. The van der Waals surface area contributed by atoms with Gasteiger partial charge in [-0.1, -0.05) is 0 Å². The first-order chi connectivity index (χ1) is 9.69. The van der Waals surface area contributed by atoms with E-state index in [9.17, 15) is 0 Å². The molecule has 0 radical (unpaired) electrons. The maximum atomic E-state index is 5.18. The minimum atomic E-state index is 0. The van der Waals surface area contributed by atoms with Crippen LogP contribution in [0.1, 0.15) is 5.82 Å². The second-order valence-electron chi connectivity index (χ2n) is 4.59. The Kier molecular flexibility index (Phi) is 4.33. The lowest BCUT2D eigenvalue weighted by Crippen LogP contribution is -2.12. The van der Waals surface area contributed by atoms with E-state index in [-0.39, 0.29) is 12.4 Å². The van der Waals surface area contributed by atoms with E-state index in [1.807, 2.05) is 55.4 Å². The van der Waals surface area contributed by atoms with Crippen LogP contribution >= 0.6 is 12.4 Å². The molecule has 3 rings (SSSR count). The van der Waals surface area contributed by atoms with Crippen molar-refractivity contribution in [2.24, 2.45) is 0 Å². The normalized spacial score (nSPS) is 10.2. The van der Waals surface area contributed by atoms with Crippen LogP contribution in [0.4, 0.5) is 11.5 Å². The van der Waals surface area contributed by atoms with Crippen LogP contribution in [0.15, 0.2) is 36.5 Å². The third kappa shape index (κ3) is 2.78. The van der Waals surface area contributed by atoms with Gasteiger partial charge in [0.25, 0.3) is 0 Å². The molecule has 1 aromatic carbocycles. The van der Waals surface area contributed by atoms with E-state index in [4.69, 9.17) is 4.74 Å². The first-order valence-electron chi connectivity index (χ1n) is 6.38. The van der Waals surface area contributed by atoms with Crippen molar-refractivity contribution in [2.45, 2.75) is 6.92 Å². The Bertz CT molecular complexity index is 739. The molecule has 3 aromatic rings. The van der Waals surface area contributed by atoms with Crippen molar-refractivity contribution >= 4 is 34.9 Å². The summed E-state index contributed by atoms with van der Waals surface area (Å²) in [5.41, 5.74) is 1.90. The molecule has 0 aliphatic heterocycles. The van der Waals surface area contributed by atoms with Gasteiger partial charge in [-0.2, -0.15) is 0 Å². The van der Waals surface area contributed by atoms with Crippen LogP contribution < -0.4 is 9.64 Å². The van der Waals surface area contributed by atoms with Crippen LogP contribution in [-0.2, 0) is 0 Å². The zero-order chi connectivity index (χ0) is 14.1. The second-order valence-corrected chi connectivity index (χ2v) is 4.59. The minimum Gasteiger partial charge on any atom is -0.497 e. The topological polar surface area (TPSA) is 54.0 Å². The van der Waals surface area contributed by atoms with Crippen LogP contribution in [0.2, 0.25) is 0 Å². The molecule has 0 atom stereocenters. The fourth-order valence-corrected chi connectivity index (χ4v) is 2.22. The Hall–Kier alpha value is -2.27. The van der Waals surface area contributed by atoms with Gasteiger partial charge in [0.15, 0.2) is 0 Å². The Morgan fingerprint density at radius 1 is 1.10 bits per heavy atom. The number of aryl methyl sites for hydroxylation is 1. The predicted octanol–water partition coefficient (Wildman–Crippen LogP) is 3.46. The molecule has 6 heteroatoms. The molecule has 0 saturated carbocycles. The standard InChI is InChI=1S/C15H16N4O.ClH/c1-10-17-14-13(8-9-16-14)15(18-10)19(2)11-4-6-12(20-3)7-5-11;/h4-9H,1-3H3,(H,16,17,18);1H. The molecule has 21 heavy (non-hydrogen) atoms. The summed E-state index contributed by atoms with van der Waals surface area (Å²) < 4.78 is 5.18. The largest absolute Gasteiger partial charge is 0.497 e. The number of hydrogen-bond donors (Lipinski definition) is 1. The number of H-pyrrole nitrogens is 1. The average molecular weight is 305 g/mol. The molecule has 0 aliphatic carbocycles. The summed E-state index contributed by atoms with van der Waals surface area (Å²) in [7, 11) is 3.66. The number of methoxy groups -OCH3 is 1. The molecule has 0 unspecified atom stereocenters. The van der Waals surface area contributed by atoms with Crippen molar-refractivity contribution in [1.82, 2.24) is 15.0 Å². The van der Waals surface area contributed by atoms with Gasteiger partial charge in [0.1, 0.15) is 23.0 Å². The van der Waals surface area contributed by atoms with Gasteiger partial charge in [-0.05, 0) is 37.3 Å². The number of halogens is 1. The Morgan fingerprint density at radius 3 is 2.48 bits per heavy atom. The highest BCUT2D eigenvalue weighted by atomic mass is 35.5. The van der Waals surface area contributed by atoms with Gasteiger partial charge in [-0.25, -0.2) is 9.97 Å². The minimum absolute atomic E-state index is 0. The van der Waals surface area contributed by atoms with E-state index < -0.39 is 0 Å². The molecule has 2 heterocycles. The van der Waals surface area contributed by atoms with E-state index in [0.717, 1.165) is 34.1 Å². The van der Waals surface area contributed by atoms with E-state index >= 15 is 0 Å². The van der Waals surface area contributed by atoms with Gasteiger partial charge in [-0.3, -0.25) is 0 Å². The highest BCUT2D eigenvalue weighted by Crippen LogP contribution is 2.29. The van der Waals surface area contributed by atoms with Crippen LogP contribution in [0.3, 0.4) is 0 Å². The van der Waals surface area contributed by atoms with Gasteiger partial charge in [0, 0.05) is 18.9 Å². The van der Waals surface area contributed by atoms with Gasteiger partial charge >= 0.3 is 0 Å². The third-order valence-corrected chi connectivity index (χ3v) is 3.28. The number of aromatic amines is 1. The number of aromatic nitrogens is 3. The quantitative estimate of drug-likeness (QED) is 0.805. The number of benzene rings is 1. The molecular weight excluding hydrogens is 288 g/mol. The average Bonchev–Trinajstić information content (AvgIpc) is 2.94. The van der Waals surface area contributed by atoms with Crippen LogP contribution in [-0.4, -0.2) is 29.1 Å². The highest BCUT2D eigenvalue weighted by Gasteiger charge is 2.12. The highest BCUT2D eigenvalue weighted by molar-refractivity contribution is 5.89. The number of rotatable bonds is 3. The van der Waals surface area contributed by atoms with E-state index in [1.54, 1.807) is 7.11 Å². The van der Waals surface area contributed by atoms with Gasteiger partial charge in [-0.15, -0.1) is 12.4 Å². The SMILES string of the molecule is COc1ccc(N(C)c2nc(C)nc3[nH]ccc23)cc1.Cl. The van der Waals surface area contributed by atoms with Gasteiger partial charge in [0.2, 0.25) is 0 Å². The van der Waals surface area contributed by atoms with Crippen molar-refractivity contribution in [3.05, 3.63) is 42.4 Å². The molecule has 1 N–H and O–H groups in total. The molecule has 0 bridgehead atoms. The summed E-state index contributed by atoms with van der Waals surface area (Å²) in [6.07, 6.45) is 1.88. The van der Waals surface area contributed by atoms with Crippen molar-refractivity contribution in [1.29, 1.82) is 0 Å². The number of nitrogens with zero attached hydrogens (tertiary/aromatic N) is 3. The zero-order valence-electron chi connectivity index (χ0n) is 12.1. The predicted molar refractivity (Wildman–Crippen MR) is 86.9 cm³/mol. The molecule has 0 saturated heterocycles. The fourth-order valence-electron chi connectivity index (χ4n) is 2.22. The van der Waals surface area contributed by atoms with Crippen LogP contribution in [0, 0.1) is 6.92 Å². The van der Waals surface area contributed by atoms with Gasteiger partial charge in [0.05, 0.1) is 12.5 Å². The summed E-state index contributed by atoms with van der Waals surface area (Å²) in [5.74, 6) is 2.47. The summed E-state index contributed by atoms with van der Waals surface area (Å²) in [6, 6.07) is 9.88. The van der Waals surface area contributed by atoms with Crippen molar-refractivity contribution < 1.29 is 4.74 Å². The summed E-state index contributed by atoms with van der Waals surface area (Å²) in [4.78, 5) is 14.1. The first-order valence-corrected chi connectivity index (χ1v) is 6.38. The van der Waals surface area contributed by atoms with Crippen molar-refractivity contribution in [2.75, 3.05) is 19.1 Å². The van der Waals surface area contributed by atoms with Crippen molar-refractivity contribution in [3.63, 3.8) is 0 Å². The smallest absolute Gasteiger partial charge is 0.146 e. The molecule has 0 aliphatic rings. The fraction of sp³-hybridized carbons (Fsp3) is 0.200. The van der Waals surface area contributed by atoms with Crippen LogP contribution in [0.5, 0.6) is 5.75 Å². The maximum Gasteiger partial charge on any atom is 0.146 e. The van der Waals surface area contributed by atoms with E-state index in [0.29, 0.717) is 0 Å². The maximum absolute atomic E-state index is 5.18. The Morgan fingerprint density at radius 2 is 1.81 bits per heavy atom. The Balaban J connectivity index is 0.00000161. The van der Waals surface area contributed by atoms with E-state index in [1.165, 1.54) is 0 Å². The zero-order valence-corrected chi connectivity index (χ0v) is 12.9. The number of hydrogen-bond acceptors (Lipinski definition) is 4. The van der Waals surface area contributed by atoms with E-state index in [2.05, 4.69) is 15.0 Å². The lowest BCUT2D eigenvalue weighted by atomic mass is 10.2. The molecule has 0 amide bonds. The van der Waals surface area contributed by atoms with Crippen LogP contribution in [0.25, 0.3) is 11.0 Å². The summed E-state index contributed by atoms with van der Waals surface area (Å²) in [6.45, 7) is 1.89. The summed E-state index contributed by atoms with van der Waals surface area (Å²) >= 11 is 0. The monoisotopic (exact) mass is 304 g/mol.